The predicted molar refractivity (Wildman–Crippen MR) is 40.9 cm³/mol. The van der Waals surface area contributed by atoms with E-state index in [-0.39, 0.29) is 0 Å². The summed E-state index contributed by atoms with van der Waals surface area (Å²) in [5.41, 5.74) is 0. The molecule has 0 radical (unpaired) electrons. The van der Waals surface area contributed by atoms with Gasteiger partial charge in [-0.05, 0) is 12.8 Å². The summed E-state index contributed by atoms with van der Waals surface area (Å²) in [4.78, 5) is 9.82. The van der Waals surface area contributed by atoms with Crippen molar-refractivity contribution >= 4 is 6.29 Å². The highest BCUT2D eigenvalue weighted by molar-refractivity contribution is 5.51. The molecule has 0 aliphatic rings. The molecule has 0 N–H and O–H groups in total. The molecule has 0 aromatic rings. The largest absolute Gasteiger partial charge is 0.385 e. The molecule has 0 fully saturated rings. The lowest BCUT2D eigenvalue weighted by atomic mass is 10.3. The summed E-state index contributed by atoms with van der Waals surface area (Å²) in [6.07, 6.45) is 7.35. The van der Waals surface area contributed by atoms with Crippen molar-refractivity contribution in [2.24, 2.45) is 0 Å². The third kappa shape index (κ3) is 7.37. The van der Waals surface area contributed by atoms with E-state index < -0.39 is 0 Å². The van der Waals surface area contributed by atoms with Crippen LogP contribution in [0.1, 0.15) is 19.3 Å². The second kappa shape index (κ2) is 8.37. The second-order valence-electron chi connectivity index (χ2n) is 2.01. The van der Waals surface area contributed by atoms with Crippen molar-refractivity contribution in [1.82, 2.24) is 0 Å². The molecule has 2 nitrogen and oxygen atoms in total. The third-order valence-corrected chi connectivity index (χ3v) is 1.12. The summed E-state index contributed by atoms with van der Waals surface area (Å²) >= 11 is 0. The summed E-state index contributed by atoms with van der Waals surface area (Å²) in [5.74, 6) is 0. The van der Waals surface area contributed by atoms with Gasteiger partial charge in [0.15, 0.2) is 0 Å². The number of methoxy groups -OCH3 is 1. The van der Waals surface area contributed by atoms with Crippen LogP contribution in [0.25, 0.3) is 0 Å². The molecule has 0 aromatic carbocycles. The molecule has 0 saturated carbocycles. The topological polar surface area (TPSA) is 26.3 Å². The first-order valence-corrected chi connectivity index (χ1v) is 3.49. The maximum absolute atomic E-state index is 9.82. The molecule has 0 unspecified atom stereocenters. The highest BCUT2D eigenvalue weighted by Crippen LogP contribution is 1.91. The summed E-state index contributed by atoms with van der Waals surface area (Å²) in [5, 5.41) is 0. The Hall–Kier alpha value is -0.630. The molecule has 0 aliphatic heterocycles. The van der Waals surface area contributed by atoms with Crippen molar-refractivity contribution in [3.05, 3.63) is 12.2 Å². The lowest BCUT2D eigenvalue weighted by Crippen LogP contribution is -1.85. The number of hydrogen-bond acceptors (Lipinski definition) is 2. The average Bonchev–Trinajstić information content (AvgIpc) is 1.97. The van der Waals surface area contributed by atoms with Crippen LogP contribution in [0.5, 0.6) is 0 Å². The van der Waals surface area contributed by atoms with Gasteiger partial charge in [-0.2, -0.15) is 0 Å². The van der Waals surface area contributed by atoms with Gasteiger partial charge in [0.2, 0.25) is 0 Å². The summed E-state index contributed by atoms with van der Waals surface area (Å²) in [6, 6.07) is 0. The molecule has 58 valence electrons. The molecule has 0 rings (SSSR count). The molecule has 0 spiro atoms. The minimum atomic E-state index is 0.535. The zero-order valence-electron chi connectivity index (χ0n) is 6.38. The van der Waals surface area contributed by atoms with Gasteiger partial charge in [0.1, 0.15) is 6.29 Å². The Balaban J connectivity index is 2.94. The Morgan fingerprint density at radius 3 is 2.80 bits per heavy atom. The van der Waals surface area contributed by atoms with Gasteiger partial charge in [0.05, 0.1) is 0 Å². The maximum atomic E-state index is 9.82. The molecular formula is C8H14O2. The van der Waals surface area contributed by atoms with Crippen LogP contribution in [-0.4, -0.2) is 20.0 Å². The predicted octanol–water partition coefficient (Wildman–Crippen LogP) is 1.56. The fourth-order valence-corrected chi connectivity index (χ4v) is 0.615. The van der Waals surface area contributed by atoms with Crippen LogP contribution < -0.4 is 0 Å². The number of hydrogen-bond donors (Lipinski definition) is 0. The van der Waals surface area contributed by atoms with Gasteiger partial charge < -0.3 is 9.53 Å². The molecule has 10 heavy (non-hydrogen) atoms. The van der Waals surface area contributed by atoms with Crippen LogP contribution in [0.3, 0.4) is 0 Å². The van der Waals surface area contributed by atoms with E-state index in [1.807, 2.05) is 12.2 Å². The highest BCUT2D eigenvalue weighted by Gasteiger charge is 1.80. The van der Waals surface area contributed by atoms with Crippen LogP contribution in [0.15, 0.2) is 12.2 Å². The number of carbonyl (C=O) groups excluding carboxylic acids is 1. The highest BCUT2D eigenvalue weighted by atomic mass is 16.5. The standard InChI is InChI=1S/C8H14O2/c1-10-8-6-4-2-3-5-7-9/h2-3,7H,4-6,8H2,1H3/b3-2-. The van der Waals surface area contributed by atoms with Gasteiger partial charge in [-0.3, -0.25) is 0 Å². The molecular weight excluding hydrogens is 128 g/mol. The zero-order chi connectivity index (χ0) is 7.66. The number of aldehydes is 1. The molecule has 2 heteroatoms. The number of rotatable bonds is 6. The first kappa shape index (κ1) is 9.37. The Morgan fingerprint density at radius 1 is 1.40 bits per heavy atom. The van der Waals surface area contributed by atoms with Crippen LogP contribution in [0.2, 0.25) is 0 Å². The molecule has 0 atom stereocenters. The van der Waals surface area contributed by atoms with E-state index in [4.69, 9.17) is 4.74 Å². The second-order valence-corrected chi connectivity index (χ2v) is 2.01. The summed E-state index contributed by atoms with van der Waals surface area (Å²) in [6.45, 7) is 0.797. The van der Waals surface area contributed by atoms with Crippen molar-refractivity contribution in [3.8, 4) is 0 Å². The van der Waals surface area contributed by atoms with Gasteiger partial charge >= 0.3 is 0 Å². The van der Waals surface area contributed by atoms with Crippen LogP contribution in [0.4, 0.5) is 0 Å². The minimum Gasteiger partial charge on any atom is -0.385 e. The quantitative estimate of drug-likeness (QED) is 0.319. The summed E-state index contributed by atoms with van der Waals surface area (Å²) in [7, 11) is 1.69. The van der Waals surface area contributed by atoms with E-state index in [9.17, 15) is 4.79 Å². The van der Waals surface area contributed by atoms with Gasteiger partial charge in [0.25, 0.3) is 0 Å². The van der Waals surface area contributed by atoms with E-state index in [0.717, 1.165) is 25.7 Å². The lowest BCUT2D eigenvalue weighted by molar-refractivity contribution is -0.107. The lowest BCUT2D eigenvalue weighted by Gasteiger charge is -1.91. The van der Waals surface area contributed by atoms with E-state index in [2.05, 4.69) is 0 Å². The zero-order valence-corrected chi connectivity index (χ0v) is 6.38. The maximum Gasteiger partial charge on any atom is 0.123 e. The smallest absolute Gasteiger partial charge is 0.123 e. The minimum absolute atomic E-state index is 0.535. The molecule has 0 aromatic heterocycles. The Labute approximate surface area is 61.9 Å². The molecule has 0 heterocycles. The van der Waals surface area contributed by atoms with Crippen molar-refractivity contribution in [2.75, 3.05) is 13.7 Å². The normalized spacial score (nSPS) is 10.5. The van der Waals surface area contributed by atoms with Crippen molar-refractivity contribution in [3.63, 3.8) is 0 Å². The Morgan fingerprint density at radius 2 is 2.20 bits per heavy atom. The fourth-order valence-electron chi connectivity index (χ4n) is 0.615. The number of ether oxygens (including phenoxy) is 1. The van der Waals surface area contributed by atoms with Gasteiger partial charge in [-0.1, -0.05) is 12.2 Å². The first-order valence-electron chi connectivity index (χ1n) is 3.49. The molecule has 0 amide bonds. The van der Waals surface area contributed by atoms with Crippen LogP contribution in [0, 0.1) is 0 Å². The van der Waals surface area contributed by atoms with Crippen molar-refractivity contribution < 1.29 is 9.53 Å². The van der Waals surface area contributed by atoms with Gasteiger partial charge in [-0.25, -0.2) is 0 Å². The van der Waals surface area contributed by atoms with Crippen LogP contribution in [-0.2, 0) is 9.53 Å². The molecule has 0 bridgehead atoms. The van der Waals surface area contributed by atoms with E-state index in [0.29, 0.717) is 6.42 Å². The Bertz CT molecular complexity index is 97.4. The molecule has 0 saturated heterocycles. The third-order valence-electron chi connectivity index (χ3n) is 1.12. The van der Waals surface area contributed by atoms with Crippen molar-refractivity contribution in [1.29, 1.82) is 0 Å². The number of unbranched alkanes of at least 4 members (excludes halogenated alkanes) is 1. The van der Waals surface area contributed by atoms with E-state index in [1.165, 1.54) is 0 Å². The van der Waals surface area contributed by atoms with E-state index >= 15 is 0 Å². The van der Waals surface area contributed by atoms with Crippen LogP contribution >= 0.6 is 0 Å². The average molecular weight is 142 g/mol. The Kier molecular flexibility index (Phi) is 7.84. The summed E-state index contributed by atoms with van der Waals surface area (Å²) < 4.78 is 4.84. The molecule has 0 aliphatic carbocycles. The number of carbonyl (C=O) groups is 1. The van der Waals surface area contributed by atoms with Gasteiger partial charge in [-0.15, -0.1) is 0 Å². The number of allylic oxidation sites excluding steroid dienone is 2. The van der Waals surface area contributed by atoms with Gasteiger partial charge in [0, 0.05) is 20.1 Å². The SMILES string of the molecule is COCCC/C=C\CC=O. The van der Waals surface area contributed by atoms with Crippen molar-refractivity contribution in [2.45, 2.75) is 19.3 Å². The monoisotopic (exact) mass is 142 g/mol. The first-order chi connectivity index (χ1) is 4.91. The fraction of sp³-hybridized carbons (Fsp3) is 0.625. The van der Waals surface area contributed by atoms with E-state index in [1.54, 1.807) is 7.11 Å².